The molecule has 1 fully saturated rings. The maximum atomic E-state index is 12.8. The second-order valence-electron chi connectivity index (χ2n) is 9.13. The van der Waals surface area contributed by atoms with Crippen LogP contribution in [-0.2, 0) is 20.7 Å². The molecule has 0 bridgehead atoms. The third kappa shape index (κ3) is 3.18. The molecule has 1 unspecified atom stereocenters. The first-order valence-electron chi connectivity index (χ1n) is 9.74. The fourth-order valence-electron chi connectivity index (χ4n) is 4.65. The van der Waals surface area contributed by atoms with Crippen molar-refractivity contribution in [1.29, 1.82) is 0 Å². The van der Waals surface area contributed by atoms with Crippen LogP contribution in [0.15, 0.2) is 24.4 Å². The summed E-state index contributed by atoms with van der Waals surface area (Å²) in [6.45, 7) is 6.01. The summed E-state index contributed by atoms with van der Waals surface area (Å²) in [5.41, 5.74) is 3.31. The van der Waals surface area contributed by atoms with E-state index in [1.165, 1.54) is 22.0 Å². The van der Waals surface area contributed by atoms with Crippen molar-refractivity contribution in [1.82, 2.24) is 9.88 Å². The summed E-state index contributed by atoms with van der Waals surface area (Å²) in [6.07, 6.45) is 3.96. The lowest BCUT2D eigenvalue weighted by atomic mass is 9.72. The average Bonchev–Trinajstić information content (AvgIpc) is 3.03. The van der Waals surface area contributed by atoms with Gasteiger partial charge in [-0.1, -0.05) is 12.1 Å². The minimum absolute atomic E-state index is 0.0324. The van der Waals surface area contributed by atoms with Crippen LogP contribution in [0, 0.1) is 11.3 Å². The second kappa shape index (κ2) is 6.48. The number of carbonyl (C=O) groups is 2. The van der Waals surface area contributed by atoms with Gasteiger partial charge in [-0.15, -0.1) is 0 Å². The number of fused-ring (bicyclic) bond motifs is 2. The number of aromatic nitrogens is 1. The number of benzene rings is 1. The zero-order valence-corrected chi connectivity index (χ0v) is 16.5. The molecular weight excluding hydrogens is 340 g/mol. The maximum absolute atomic E-state index is 12.8. The van der Waals surface area contributed by atoms with E-state index >= 15 is 0 Å². The molecule has 1 saturated heterocycles. The van der Waals surface area contributed by atoms with Gasteiger partial charge in [0.15, 0.2) is 5.78 Å². The normalized spacial score (nSPS) is 25.3. The van der Waals surface area contributed by atoms with Gasteiger partial charge in [0.25, 0.3) is 0 Å². The number of likely N-dealkylation sites (tertiary alicyclic amines) is 1. The number of rotatable bonds is 3. The van der Waals surface area contributed by atoms with E-state index in [1.54, 1.807) is 20.8 Å². The van der Waals surface area contributed by atoms with Gasteiger partial charge in [-0.3, -0.25) is 9.59 Å². The fraction of sp³-hybridized carbons (Fsp3) is 0.545. The van der Waals surface area contributed by atoms with Crippen molar-refractivity contribution >= 4 is 22.7 Å². The van der Waals surface area contributed by atoms with Gasteiger partial charge in [0, 0.05) is 41.5 Å². The standard InChI is InChI=1S/C22H28N2O3/c1-22(2,3)21(26)27-12-19(25)14-8-16-15-6-5-7-17-20(15)13(10-23-17)9-18(16)24(4)11-14/h5-7,10,14,16,18,23H,8-9,11-12H2,1-4H3/t14?,16-,18-/m1/s1. The topological polar surface area (TPSA) is 62.4 Å². The Labute approximate surface area is 160 Å². The maximum Gasteiger partial charge on any atom is 0.311 e. The number of hydrogen-bond acceptors (Lipinski definition) is 4. The highest BCUT2D eigenvalue weighted by atomic mass is 16.5. The minimum Gasteiger partial charge on any atom is -0.457 e. The van der Waals surface area contributed by atoms with E-state index in [9.17, 15) is 9.59 Å². The molecule has 0 spiro atoms. The summed E-state index contributed by atoms with van der Waals surface area (Å²) in [5.74, 6) is -0.0509. The Kier molecular flexibility index (Phi) is 4.38. The molecule has 3 atom stereocenters. The number of hydrogen-bond donors (Lipinski definition) is 1. The molecule has 2 aliphatic rings. The van der Waals surface area contributed by atoms with Crippen LogP contribution in [0.5, 0.6) is 0 Å². The van der Waals surface area contributed by atoms with Gasteiger partial charge in [-0.05, 0) is 57.9 Å². The highest BCUT2D eigenvalue weighted by molar-refractivity contribution is 5.89. The first-order valence-corrected chi connectivity index (χ1v) is 9.74. The molecule has 5 heteroatoms. The molecule has 27 heavy (non-hydrogen) atoms. The number of ketones is 1. The Bertz CT molecular complexity index is 893. The van der Waals surface area contributed by atoms with Crippen LogP contribution in [0.25, 0.3) is 10.9 Å². The van der Waals surface area contributed by atoms with Gasteiger partial charge in [0.05, 0.1) is 5.41 Å². The van der Waals surface area contributed by atoms with Crippen LogP contribution >= 0.6 is 0 Å². The van der Waals surface area contributed by atoms with Crippen molar-refractivity contribution in [2.75, 3.05) is 20.2 Å². The van der Waals surface area contributed by atoms with Crippen LogP contribution in [-0.4, -0.2) is 47.9 Å². The molecule has 1 aromatic carbocycles. The number of nitrogens with zero attached hydrogens (tertiary/aromatic N) is 1. The van der Waals surface area contributed by atoms with E-state index in [0.717, 1.165) is 19.4 Å². The summed E-state index contributed by atoms with van der Waals surface area (Å²) in [4.78, 5) is 30.5. The molecule has 2 heterocycles. The van der Waals surface area contributed by atoms with Crippen molar-refractivity contribution < 1.29 is 14.3 Å². The van der Waals surface area contributed by atoms with Crippen LogP contribution in [0.3, 0.4) is 0 Å². The minimum atomic E-state index is -0.585. The molecule has 144 valence electrons. The SMILES string of the molecule is CN1CC(C(=O)COC(=O)C(C)(C)C)C[C@@H]2c3cccc4[nH]cc(c34)C[C@H]21. The smallest absolute Gasteiger partial charge is 0.311 e. The largest absolute Gasteiger partial charge is 0.457 e. The molecule has 0 amide bonds. The monoisotopic (exact) mass is 368 g/mol. The third-order valence-electron chi connectivity index (χ3n) is 6.14. The highest BCUT2D eigenvalue weighted by Crippen LogP contribution is 2.44. The predicted molar refractivity (Wildman–Crippen MR) is 105 cm³/mol. The lowest BCUT2D eigenvalue weighted by Crippen LogP contribution is -2.50. The van der Waals surface area contributed by atoms with Gasteiger partial charge in [-0.2, -0.15) is 0 Å². The first-order chi connectivity index (χ1) is 12.8. The van der Waals surface area contributed by atoms with Crippen LogP contribution < -0.4 is 0 Å². The van der Waals surface area contributed by atoms with Gasteiger partial charge in [0.1, 0.15) is 6.61 Å². The third-order valence-corrected chi connectivity index (χ3v) is 6.14. The Balaban J connectivity index is 1.53. The molecular formula is C22H28N2O3. The summed E-state index contributed by atoms with van der Waals surface area (Å²) < 4.78 is 5.28. The number of ether oxygens (including phenoxy) is 1. The number of H-pyrrole nitrogens is 1. The number of carbonyl (C=O) groups excluding carboxylic acids is 2. The van der Waals surface area contributed by atoms with Gasteiger partial charge in [0.2, 0.25) is 0 Å². The van der Waals surface area contributed by atoms with E-state index in [-0.39, 0.29) is 24.3 Å². The van der Waals surface area contributed by atoms with E-state index in [2.05, 4.69) is 41.3 Å². The summed E-state index contributed by atoms with van der Waals surface area (Å²) >= 11 is 0. The molecule has 0 saturated carbocycles. The second-order valence-corrected chi connectivity index (χ2v) is 9.13. The summed E-state index contributed by atoms with van der Waals surface area (Å²) in [7, 11) is 2.11. The lowest BCUT2D eigenvalue weighted by molar-refractivity contribution is -0.157. The van der Waals surface area contributed by atoms with E-state index in [0.29, 0.717) is 12.0 Å². The Morgan fingerprint density at radius 1 is 1.30 bits per heavy atom. The van der Waals surface area contributed by atoms with Gasteiger partial charge < -0.3 is 14.6 Å². The number of Topliss-reactive ketones (excluding diaryl/α,β-unsaturated/α-hetero) is 1. The molecule has 4 rings (SSSR count). The Hall–Kier alpha value is -2.14. The average molecular weight is 368 g/mol. The van der Waals surface area contributed by atoms with Crippen molar-refractivity contribution in [3.8, 4) is 0 Å². The van der Waals surface area contributed by atoms with Crippen LogP contribution in [0.1, 0.15) is 44.2 Å². The zero-order chi connectivity index (χ0) is 19.3. The van der Waals surface area contributed by atoms with Crippen molar-refractivity contribution in [2.45, 2.75) is 45.6 Å². The van der Waals surface area contributed by atoms with E-state index in [4.69, 9.17) is 4.74 Å². The Morgan fingerprint density at radius 2 is 2.07 bits per heavy atom. The van der Waals surface area contributed by atoms with Crippen LogP contribution in [0.4, 0.5) is 0 Å². The highest BCUT2D eigenvalue weighted by Gasteiger charge is 2.41. The Morgan fingerprint density at radius 3 is 2.81 bits per heavy atom. The van der Waals surface area contributed by atoms with Gasteiger partial charge >= 0.3 is 5.97 Å². The lowest BCUT2D eigenvalue weighted by Gasteiger charge is -2.45. The summed E-state index contributed by atoms with van der Waals surface area (Å²) in [6, 6.07) is 6.83. The number of esters is 1. The molecule has 1 aromatic heterocycles. The van der Waals surface area contributed by atoms with Crippen LogP contribution in [0.2, 0.25) is 0 Å². The zero-order valence-electron chi connectivity index (χ0n) is 16.5. The molecule has 5 nitrogen and oxygen atoms in total. The fourth-order valence-corrected chi connectivity index (χ4v) is 4.65. The molecule has 1 N–H and O–H groups in total. The first kappa shape index (κ1) is 18.2. The van der Waals surface area contributed by atoms with E-state index < -0.39 is 5.41 Å². The number of likely N-dealkylation sites (N-methyl/N-ethyl adjacent to an activating group) is 1. The molecule has 1 aliphatic heterocycles. The van der Waals surface area contributed by atoms with E-state index in [1.807, 2.05) is 0 Å². The van der Waals surface area contributed by atoms with Gasteiger partial charge in [-0.25, -0.2) is 0 Å². The summed E-state index contributed by atoms with van der Waals surface area (Å²) in [5, 5.41) is 1.33. The number of nitrogens with one attached hydrogen (secondary N) is 1. The van der Waals surface area contributed by atoms with Crippen molar-refractivity contribution in [2.24, 2.45) is 11.3 Å². The molecule has 2 aromatic rings. The molecule has 0 radical (unpaired) electrons. The number of piperidine rings is 1. The number of aromatic amines is 1. The molecule has 1 aliphatic carbocycles. The quantitative estimate of drug-likeness (QED) is 0.845. The predicted octanol–water partition coefficient (Wildman–Crippen LogP) is 3.29. The van der Waals surface area contributed by atoms with Crippen molar-refractivity contribution in [3.63, 3.8) is 0 Å². The van der Waals surface area contributed by atoms with Crippen molar-refractivity contribution in [3.05, 3.63) is 35.5 Å².